The van der Waals surface area contributed by atoms with Crippen LogP contribution in [-0.4, -0.2) is 31.8 Å². The zero-order valence-corrected chi connectivity index (χ0v) is 12.0. The Hall–Kier alpha value is -1.26. The number of esters is 1. The quantitative estimate of drug-likeness (QED) is 0.713. The van der Waals surface area contributed by atoms with Crippen LogP contribution in [0.1, 0.15) is 40.5 Å². The third-order valence-electron chi connectivity index (χ3n) is 2.37. The number of rotatable bonds is 7. The second-order valence-corrected chi connectivity index (χ2v) is 5.11. The van der Waals surface area contributed by atoms with Crippen LogP contribution in [0, 0.1) is 11.8 Å². The normalized spacial score (nSPS) is 12.4. The number of hydrogen-bond donors (Lipinski definition) is 1. The second-order valence-electron chi connectivity index (χ2n) is 5.11. The largest absolute Gasteiger partial charge is 0.469 e. The van der Waals surface area contributed by atoms with Gasteiger partial charge in [0.2, 0.25) is 0 Å². The van der Waals surface area contributed by atoms with Crippen LogP contribution in [0.25, 0.3) is 0 Å². The first kappa shape index (κ1) is 16.7. The fourth-order valence-corrected chi connectivity index (χ4v) is 1.71. The average Bonchev–Trinajstić information content (AvgIpc) is 2.24. The smallest absolute Gasteiger partial charge is 0.407 e. The lowest BCUT2D eigenvalue weighted by Gasteiger charge is -2.18. The molecule has 0 radical (unpaired) electrons. The Labute approximate surface area is 109 Å². The minimum absolute atomic E-state index is 0.0807. The lowest BCUT2D eigenvalue weighted by atomic mass is 9.94. The number of alkyl carbamates (subject to hydrolysis) is 1. The maximum atomic E-state index is 11.3. The highest BCUT2D eigenvalue weighted by Crippen LogP contribution is 2.15. The van der Waals surface area contributed by atoms with Gasteiger partial charge >= 0.3 is 12.1 Å². The predicted octanol–water partition coefficient (Wildman–Crippen LogP) is 2.35. The van der Waals surface area contributed by atoms with Crippen molar-refractivity contribution in [3.05, 3.63) is 0 Å². The van der Waals surface area contributed by atoms with E-state index in [2.05, 4.69) is 23.9 Å². The Morgan fingerprint density at radius 1 is 1.17 bits per heavy atom. The van der Waals surface area contributed by atoms with Crippen molar-refractivity contribution in [3.63, 3.8) is 0 Å². The van der Waals surface area contributed by atoms with Crippen molar-refractivity contribution in [1.29, 1.82) is 0 Å². The zero-order valence-electron chi connectivity index (χ0n) is 12.0. The molecule has 1 atom stereocenters. The summed E-state index contributed by atoms with van der Waals surface area (Å²) in [6.07, 6.45) is 0.589. The Morgan fingerprint density at radius 2 is 1.78 bits per heavy atom. The summed E-state index contributed by atoms with van der Waals surface area (Å²) in [7, 11) is 1.37. The molecule has 0 rings (SSSR count). The third kappa shape index (κ3) is 8.84. The van der Waals surface area contributed by atoms with E-state index in [9.17, 15) is 9.59 Å². The van der Waals surface area contributed by atoms with Crippen molar-refractivity contribution in [2.75, 3.05) is 13.7 Å². The molecule has 5 heteroatoms. The third-order valence-corrected chi connectivity index (χ3v) is 2.37. The van der Waals surface area contributed by atoms with Gasteiger partial charge in [-0.2, -0.15) is 0 Å². The van der Waals surface area contributed by atoms with E-state index in [4.69, 9.17) is 4.74 Å². The Kier molecular flexibility index (Phi) is 8.16. The Morgan fingerprint density at radius 3 is 2.22 bits per heavy atom. The fourth-order valence-electron chi connectivity index (χ4n) is 1.71. The lowest BCUT2D eigenvalue weighted by molar-refractivity contribution is -0.141. The van der Waals surface area contributed by atoms with Crippen LogP contribution < -0.4 is 5.32 Å². The SMILES string of the molecule is COC(=O)C[C@@H](CNC(=O)OC(C)C)CC(C)C. The molecule has 0 aromatic carbocycles. The van der Waals surface area contributed by atoms with Gasteiger partial charge in [-0.25, -0.2) is 4.79 Å². The van der Waals surface area contributed by atoms with E-state index in [1.807, 2.05) is 0 Å². The highest BCUT2D eigenvalue weighted by atomic mass is 16.6. The minimum atomic E-state index is -0.441. The molecule has 0 fully saturated rings. The van der Waals surface area contributed by atoms with Gasteiger partial charge < -0.3 is 14.8 Å². The van der Waals surface area contributed by atoms with Gasteiger partial charge in [0.25, 0.3) is 0 Å². The molecule has 0 aliphatic carbocycles. The molecule has 106 valence electrons. The van der Waals surface area contributed by atoms with Crippen LogP contribution in [-0.2, 0) is 14.3 Å². The summed E-state index contributed by atoms with van der Waals surface area (Å²) >= 11 is 0. The molecule has 0 aliphatic heterocycles. The number of nitrogens with one attached hydrogen (secondary N) is 1. The second kappa shape index (κ2) is 8.78. The maximum Gasteiger partial charge on any atom is 0.407 e. The van der Waals surface area contributed by atoms with E-state index in [0.717, 1.165) is 6.42 Å². The van der Waals surface area contributed by atoms with Gasteiger partial charge in [-0.1, -0.05) is 13.8 Å². The van der Waals surface area contributed by atoms with Crippen LogP contribution in [0.15, 0.2) is 0 Å². The molecule has 1 amide bonds. The molecular formula is C13H25NO4. The van der Waals surface area contributed by atoms with Crippen molar-refractivity contribution in [3.8, 4) is 0 Å². The first-order valence-corrected chi connectivity index (χ1v) is 6.36. The van der Waals surface area contributed by atoms with E-state index in [1.54, 1.807) is 13.8 Å². The average molecular weight is 259 g/mol. The predicted molar refractivity (Wildman–Crippen MR) is 69.2 cm³/mol. The summed E-state index contributed by atoms with van der Waals surface area (Å²) < 4.78 is 9.62. The molecule has 18 heavy (non-hydrogen) atoms. The Bertz CT molecular complexity index is 264. The number of carbonyl (C=O) groups is 2. The number of methoxy groups -OCH3 is 1. The van der Waals surface area contributed by atoms with Crippen molar-refractivity contribution >= 4 is 12.1 Å². The van der Waals surface area contributed by atoms with Crippen LogP contribution in [0.2, 0.25) is 0 Å². The van der Waals surface area contributed by atoms with Crippen LogP contribution in [0.4, 0.5) is 4.79 Å². The highest BCUT2D eigenvalue weighted by Gasteiger charge is 2.17. The summed E-state index contributed by atoms with van der Waals surface area (Å²) in [5.74, 6) is 0.291. The molecule has 5 nitrogen and oxygen atoms in total. The van der Waals surface area contributed by atoms with Crippen molar-refractivity contribution in [1.82, 2.24) is 5.32 Å². The van der Waals surface area contributed by atoms with E-state index in [-0.39, 0.29) is 18.0 Å². The van der Waals surface area contributed by atoms with Crippen molar-refractivity contribution < 1.29 is 19.1 Å². The summed E-state index contributed by atoms with van der Waals surface area (Å²) in [6, 6.07) is 0. The van der Waals surface area contributed by atoms with Crippen molar-refractivity contribution in [2.24, 2.45) is 11.8 Å². The van der Waals surface area contributed by atoms with Crippen LogP contribution >= 0.6 is 0 Å². The first-order chi connectivity index (χ1) is 8.35. The van der Waals surface area contributed by atoms with E-state index in [1.165, 1.54) is 7.11 Å². The maximum absolute atomic E-state index is 11.3. The molecule has 0 heterocycles. The van der Waals surface area contributed by atoms with Gasteiger partial charge in [-0.15, -0.1) is 0 Å². The number of hydrogen-bond acceptors (Lipinski definition) is 4. The summed E-state index contributed by atoms with van der Waals surface area (Å²) in [5.41, 5.74) is 0. The molecule has 0 aromatic rings. The standard InChI is InChI=1S/C13H25NO4/c1-9(2)6-11(7-12(15)17-5)8-14-13(16)18-10(3)4/h9-11H,6-8H2,1-5H3,(H,14,16)/t11-/m0/s1. The van der Waals surface area contributed by atoms with Gasteiger partial charge in [-0.05, 0) is 32.1 Å². The molecule has 0 unspecified atom stereocenters. The molecule has 1 N–H and O–H groups in total. The van der Waals surface area contributed by atoms with Gasteiger partial charge in [0.1, 0.15) is 0 Å². The van der Waals surface area contributed by atoms with Crippen molar-refractivity contribution in [2.45, 2.75) is 46.6 Å². The van der Waals surface area contributed by atoms with E-state index < -0.39 is 6.09 Å². The molecule has 0 aliphatic rings. The minimum Gasteiger partial charge on any atom is -0.469 e. The van der Waals surface area contributed by atoms with Crippen LogP contribution in [0.3, 0.4) is 0 Å². The van der Waals surface area contributed by atoms with E-state index >= 15 is 0 Å². The van der Waals surface area contributed by atoms with Gasteiger partial charge in [0, 0.05) is 6.54 Å². The zero-order chi connectivity index (χ0) is 14.1. The molecule has 0 aromatic heterocycles. The summed E-state index contributed by atoms with van der Waals surface area (Å²) in [6.45, 7) is 8.17. The molecular weight excluding hydrogens is 234 g/mol. The summed E-state index contributed by atoms with van der Waals surface area (Å²) in [4.78, 5) is 22.6. The monoisotopic (exact) mass is 259 g/mol. The topological polar surface area (TPSA) is 64.6 Å². The lowest BCUT2D eigenvalue weighted by Crippen LogP contribution is -2.33. The van der Waals surface area contributed by atoms with Crippen LogP contribution in [0.5, 0.6) is 0 Å². The number of carbonyl (C=O) groups excluding carboxylic acids is 2. The van der Waals surface area contributed by atoms with Gasteiger partial charge in [0.05, 0.1) is 19.6 Å². The molecule has 0 saturated heterocycles. The summed E-state index contributed by atoms with van der Waals surface area (Å²) in [5, 5.41) is 2.68. The fraction of sp³-hybridized carbons (Fsp3) is 0.846. The number of ether oxygens (including phenoxy) is 2. The molecule has 0 bridgehead atoms. The Balaban J connectivity index is 4.15. The first-order valence-electron chi connectivity index (χ1n) is 6.36. The molecule has 0 saturated carbocycles. The highest BCUT2D eigenvalue weighted by molar-refractivity contribution is 5.70. The molecule has 0 spiro atoms. The van der Waals surface area contributed by atoms with Gasteiger partial charge in [0.15, 0.2) is 0 Å². The number of amides is 1. The van der Waals surface area contributed by atoms with E-state index in [0.29, 0.717) is 18.9 Å². The van der Waals surface area contributed by atoms with Gasteiger partial charge in [-0.3, -0.25) is 4.79 Å².